The first-order chi connectivity index (χ1) is 8.67. The molecule has 1 fully saturated rings. The molecule has 9 nitrogen and oxygen atoms in total. The van der Waals surface area contributed by atoms with Crippen molar-refractivity contribution in [3.63, 3.8) is 0 Å². The summed E-state index contributed by atoms with van der Waals surface area (Å²) in [5, 5.41) is 21.9. The lowest BCUT2D eigenvalue weighted by atomic mass is 10.2. The predicted octanol–water partition coefficient (Wildman–Crippen LogP) is 0.112. The fourth-order valence-electron chi connectivity index (χ4n) is 1.19. The Kier molecular flexibility index (Phi) is 5.47. The fourth-order valence-corrected chi connectivity index (χ4v) is 1.19. The molecule has 1 aliphatic heterocycles. The van der Waals surface area contributed by atoms with E-state index in [1.807, 2.05) is 5.59 Å². The molecule has 0 aromatic carbocycles. The van der Waals surface area contributed by atoms with Gasteiger partial charge in [0.1, 0.15) is 5.60 Å². The molecule has 1 atom stereocenters. The molecule has 0 radical (unpaired) electrons. The summed E-state index contributed by atoms with van der Waals surface area (Å²) < 4.78 is 9.65. The molecule has 112 valence electrons. The zero-order valence-corrected chi connectivity index (χ0v) is 11.5. The molecule has 0 amide bonds. The molecule has 1 saturated heterocycles. The van der Waals surface area contributed by atoms with Crippen LogP contribution in [0.2, 0.25) is 0 Å². The van der Waals surface area contributed by atoms with E-state index in [0.717, 1.165) is 0 Å². The molecule has 0 spiro atoms. The molecular formula is C10H20N3O6-. The number of nitrogens with zero attached hydrogens (tertiary/aromatic N) is 2. The highest BCUT2D eigenvalue weighted by Crippen LogP contribution is 2.10. The van der Waals surface area contributed by atoms with Crippen LogP contribution in [0.5, 0.6) is 0 Å². The maximum absolute atomic E-state index is 11.3. The average Bonchev–Trinajstić information content (AvgIpc) is 2.18. The summed E-state index contributed by atoms with van der Waals surface area (Å²) in [5.41, 5.74) is 1.37. The molecule has 2 N–H and O–H groups in total. The van der Waals surface area contributed by atoms with Crippen LogP contribution in [0.3, 0.4) is 0 Å². The third kappa shape index (κ3) is 6.14. The van der Waals surface area contributed by atoms with Crippen molar-refractivity contribution in [3.05, 3.63) is 5.21 Å². The molecule has 0 bridgehead atoms. The van der Waals surface area contributed by atoms with Gasteiger partial charge in [0.25, 0.3) is 0 Å². The lowest BCUT2D eigenvalue weighted by Crippen LogP contribution is -2.61. The summed E-state index contributed by atoms with van der Waals surface area (Å²) >= 11 is 0. The molecule has 1 unspecified atom stereocenters. The summed E-state index contributed by atoms with van der Waals surface area (Å²) in [7, 11) is 0. The molecule has 1 rings (SSSR count). The van der Waals surface area contributed by atoms with Crippen LogP contribution >= 0.6 is 0 Å². The Morgan fingerprint density at radius 1 is 1.53 bits per heavy atom. The van der Waals surface area contributed by atoms with E-state index in [-0.39, 0.29) is 13.1 Å². The van der Waals surface area contributed by atoms with Crippen LogP contribution in [0.15, 0.2) is 0 Å². The van der Waals surface area contributed by atoms with Crippen molar-refractivity contribution in [1.82, 2.24) is 15.9 Å². The number of β-amino-alcohol motifs (C(OH)–C–C–N with tert-alkyl or cyclic N) is 1. The van der Waals surface area contributed by atoms with Gasteiger partial charge >= 0.3 is 6.16 Å². The number of carbonyl (C=O) groups excluding carboxylic acids is 1. The van der Waals surface area contributed by atoms with Crippen LogP contribution in [-0.2, 0) is 14.3 Å². The van der Waals surface area contributed by atoms with Gasteiger partial charge in [0, 0.05) is 20.0 Å². The molecule has 0 aromatic heterocycles. The number of hydrazine groups is 2. The van der Waals surface area contributed by atoms with E-state index in [9.17, 15) is 10.0 Å². The highest BCUT2D eigenvalue weighted by molar-refractivity contribution is 5.60. The minimum Gasteiger partial charge on any atom is -0.756 e. The Balaban J connectivity index is 2.17. The minimum atomic E-state index is -1.00. The number of hydrogen-bond donors (Lipinski definition) is 2. The molecule has 19 heavy (non-hydrogen) atoms. The summed E-state index contributed by atoms with van der Waals surface area (Å²) in [6.07, 6.45) is -2.40. The summed E-state index contributed by atoms with van der Waals surface area (Å²) in [4.78, 5) is 16.1. The van der Waals surface area contributed by atoms with Crippen molar-refractivity contribution in [1.29, 1.82) is 0 Å². The maximum atomic E-state index is 11.3. The second-order valence-electron chi connectivity index (χ2n) is 5.16. The number of aliphatic hydroxyl groups is 1. The van der Waals surface area contributed by atoms with Crippen LogP contribution in [0, 0.1) is 5.21 Å². The van der Waals surface area contributed by atoms with Crippen LogP contribution < -0.4 is 5.59 Å². The van der Waals surface area contributed by atoms with Crippen LogP contribution in [0.1, 0.15) is 27.7 Å². The Hall–Kier alpha value is -0.970. The standard InChI is InChI=1S/C10H20N3O6/c1-7(17-9(15)18-10(2,3)4)19-11-13(16)12-5-8(14)6-12/h7-8,11,14H,5-6H2,1-4H3/q-1. The topological polar surface area (TPSA) is 107 Å². The molecule has 1 heterocycles. The zero-order valence-electron chi connectivity index (χ0n) is 11.5. The molecule has 0 aromatic rings. The number of carbonyl (C=O) groups is 1. The zero-order chi connectivity index (χ0) is 14.6. The lowest BCUT2D eigenvalue weighted by Gasteiger charge is -2.46. The van der Waals surface area contributed by atoms with Crippen molar-refractivity contribution < 1.29 is 24.2 Å². The van der Waals surface area contributed by atoms with Crippen molar-refractivity contribution in [2.45, 2.75) is 45.7 Å². The second-order valence-corrected chi connectivity index (χ2v) is 5.16. The fraction of sp³-hybridized carbons (Fsp3) is 0.900. The minimum absolute atomic E-state index is 0.223. The first-order valence-corrected chi connectivity index (χ1v) is 5.88. The van der Waals surface area contributed by atoms with E-state index in [1.165, 1.54) is 11.9 Å². The van der Waals surface area contributed by atoms with Gasteiger partial charge in [-0.25, -0.2) is 19.9 Å². The van der Waals surface area contributed by atoms with Crippen LogP contribution in [-0.4, -0.2) is 52.6 Å². The third-order valence-corrected chi connectivity index (χ3v) is 2.05. The highest BCUT2D eigenvalue weighted by Gasteiger charge is 2.26. The molecule has 9 heteroatoms. The number of rotatable bonds is 5. The molecule has 1 aliphatic rings. The monoisotopic (exact) mass is 278 g/mol. The first-order valence-electron chi connectivity index (χ1n) is 5.88. The van der Waals surface area contributed by atoms with E-state index < -0.39 is 24.2 Å². The van der Waals surface area contributed by atoms with Crippen molar-refractivity contribution in [2.24, 2.45) is 0 Å². The lowest BCUT2D eigenvalue weighted by molar-refractivity contribution is -0.256. The second kappa shape index (κ2) is 6.46. The van der Waals surface area contributed by atoms with Gasteiger partial charge in [0.05, 0.1) is 6.10 Å². The molecule has 0 saturated carbocycles. The van der Waals surface area contributed by atoms with E-state index in [2.05, 4.69) is 0 Å². The van der Waals surface area contributed by atoms with E-state index in [0.29, 0.717) is 5.28 Å². The summed E-state index contributed by atoms with van der Waals surface area (Å²) in [5.74, 6) is 0. The van der Waals surface area contributed by atoms with Gasteiger partial charge in [0.2, 0.25) is 6.29 Å². The average molecular weight is 278 g/mol. The van der Waals surface area contributed by atoms with Gasteiger partial charge < -0.3 is 19.8 Å². The Morgan fingerprint density at radius 2 is 2.11 bits per heavy atom. The number of aliphatic hydroxyl groups excluding tert-OH is 1. The van der Waals surface area contributed by atoms with Gasteiger partial charge in [-0.15, -0.1) is 5.59 Å². The third-order valence-electron chi connectivity index (χ3n) is 2.05. The van der Waals surface area contributed by atoms with Gasteiger partial charge in [0.15, 0.2) is 0 Å². The molecular weight excluding hydrogens is 258 g/mol. The van der Waals surface area contributed by atoms with Crippen LogP contribution in [0.25, 0.3) is 0 Å². The van der Waals surface area contributed by atoms with Crippen molar-refractivity contribution in [2.75, 3.05) is 13.1 Å². The van der Waals surface area contributed by atoms with Crippen LogP contribution in [0.4, 0.5) is 4.79 Å². The number of hydrogen-bond acceptors (Lipinski definition) is 9. The van der Waals surface area contributed by atoms with Crippen molar-refractivity contribution >= 4 is 6.16 Å². The smallest absolute Gasteiger partial charge is 0.511 e. The Bertz CT molecular complexity index is 302. The predicted molar refractivity (Wildman–Crippen MR) is 63.8 cm³/mol. The SMILES string of the molecule is CC(ONN([O-])N1CC(O)C1)OC(=O)OC(C)(C)C. The maximum Gasteiger partial charge on any atom is 0.511 e. The van der Waals surface area contributed by atoms with Gasteiger partial charge in [-0.05, 0) is 20.8 Å². The first kappa shape index (κ1) is 16.1. The quantitative estimate of drug-likeness (QED) is 0.411. The highest BCUT2D eigenvalue weighted by atomic mass is 16.9. The van der Waals surface area contributed by atoms with E-state index in [1.54, 1.807) is 20.8 Å². The molecule has 0 aliphatic carbocycles. The summed E-state index contributed by atoms with van der Waals surface area (Å²) in [6.45, 7) is 6.98. The Morgan fingerprint density at radius 3 is 2.58 bits per heavy atom. The van der Waals surface area contributed by atoms with Crippen molar-refractivity contribution in [3.8, 4) is 0 Å². The normalized spacial score (nSPS) is 19.1. The number of ether oxygens (including phenoxy) is 2. The van der Waals surface area contributed by atoms with Gasteiger partial charge in [-0.2, -0.15) is 0 Å². The van der Waals surface area contributed by atoms with Gasteiger partial charge in [-0.3, -0.25) is 0 Å². The summed E-state index contributed by atoms with van der Waals surface area (Å²) in [6, 6.07) is 0. The largest absolute Gasteiger partial charge is 0.756 e. The Labute approximate surface area is 111 Å². The number of nitrogens with one attached hydrogen (secondary N) is 1. The van der Waals surface area contributed by atoms with Gasteiger partial charge in [-0.1, -0.05) is 0 Å². The van der Waals surface area contributed by atoms with E-state index >= 15 is 0 Å². The van der Waals surface area contributed by atoms with E-state index in [4.69, 9.17) is 19.4 Å².